The number of carboxylic acid groups (broad SMARTS) is 1. The molecule has 6 nitrogen and oxygen atoms in total. The molecule has 1 amide bonds. The highest BCUT2D eigenvalue weighted by atomic mass is 16.4. The summed E-state index contributed by atoms with van der Waals surface area (Å²) >= 11 is 0. The number of nitrogens with one attached hydrogen (secondary N) is 1. The summed E-state index contributed by atoms with van der Waals surface area (Å²) in [6.45, 7) is 7.93. The van der Waals surface area contributed by atoms with Crippen LogP contribution in [0.4, 0.5) is 0 Å². The van der Waals surface area contributed by atoms with Crippen LogP contribution in [0, 0.1) is 12.3 Å². The molecule has 23 heavy (non-hydrogen) atoms. The summed E-state index contributed by atoms with van der Waals surface area (Å²) in [7, 11) is 0. The summed E-state index contributed by atoms with van der Waals surface area (Å²) in [5.41, 5.74) is 1.90. The molecule has 2 aromatic rings. The first-order valence-electron chi connectivity index (χ1n) is 7.56. The first kappa shape index (κ1) is 17.0. The van der Waals surface area contributed by atoms with E-state index < -0.39 is 17.9 Å². The molecule has 2 aromatic heterocycles. The number of aliphatic carboxylic acids is 1. The van der Waals surface area contributed by atoms with Crippen LogP contribution in [0.1, 0.15) is 49.9 Å². The summed E-state index contributed by atoms with van der Waals surface area (Å²) in [6, 6.07) is 4.12. The smallest absolute Gasteiger partial charge is 0.326 e. The van der Waals surface area contributed by atoms with E-state index in [1.54, 1.807) is 12.1 Å². The molecule has 0 aromatic carbocycles. The number of carboxylic acids is 1. The van der Waals surface area contributed by atoms with Crippen LogP contribution in [-0.2, 0) is 4.79 Å². The van der Waals surface area contributed by atoms with Crippen molar-refractivity contribution in [1.29, 1.82) is 0 Å². The van der Waals surface area contributed by atoms with Crippen molar-refractivity contribution in [2.45, 2.75) is 46.6 Å². The summed E-state index contributed by atoms with van der Waals surface area (Å²) in [6.07, 6.45) is 1.05. The standard InChI is InChI=1S/C17H22N2O4/c1-10-5-6-13-12(18-10)9-14(23-13)15(20)19-11(16(21)22)7-8-17(2,3)4/h5-6,9,11H,7-8H2,1-4H3,(H,19,20)(H,21,22). The SMILES string of the molecule is Cc1ccc2oc(C(=O)NC(CCC(C)(C)C)C(=O)O)cc2n1. The summed E-state index contributed by atoms with van der Waals surface area (Å²) in [5, 5.41) is 11.8. The van der Waals surface area contributed by atoms with E-state index in [-0.39, 0.29) is 11.2 Å². The molecule has 0 radical (unpaired) electrons. The number of carbonyl (C=O) groups is 2. The van der Waals surface area contributed by atoms with Crippen LogP contribution in [-0.4, -0.2) is 28.0 Å². The molecule has 0 saturated carbocycles. The van der Waals surface area contributed by atoms with Gasteiger partial charge in [0.05, 0.1) is 0 Å². The Morgan fingerprint density at radius 3 is 2.65 bits per heavy atom. The zero-order valence-electron chi connectivity index (χ0n) is 13.8. The molecule has 2 heterocycles. The Morgan fingerprint density at radius 2 is 2.04 bits per heavy atom. The minimum absolute atomic E-state index is 0.000757. The number of amides is 1. The zero-order chi connectivity index (χ0) is 17.2. The second kappa shape index (κ2) is 6.40. The number of hydrogen-bond donors (Lipinski definition) is 2. The molecule has 0 aliphatic rings. The van der Waals surface area contributed by atoms with E-state index in [4.69, 9.17) is 4.42 Å². The fraction of sp³-hybridized carbons (Fsp3) is 0.471. The number of furan rings is 1. The molecule has 2 N–H and O–H groups in total. The van der Waals surface area contributed by atoms with E-state index in [1.807, 2.05) is 27.7 Å². The molecule has 1 unspecified atom stereocenters. The van der Waals surface area contributed by atoms with Crippen LogP contribution < -0.4 is 5.32 Å². The maximum Gasteiger partial charge on any atom is 0.326 e. The number of pyridine rings is 1. The third-order valence-electron chi connectivity index (χ3n) is 3.52. The lowest BCUT2D eigenvalue weighted by molar-refractivity contribution is -0.139. The van der Waals surface area contributed by atoms with E-state index in [9.17, 15) is 14.7 Å². The number of carbonyl (C=O) groups excluding carboxylic acids is 1. The van der Waals surface area contributed by atoms with Crippen molar-refractivity contribution in [2.75, 3.05) is 0 Å². The quantitative estimate of drug-likeness (QED) is 0.883. The van der Waals surface area contributed by atoms with Gasteiger partial charge < -0.3 is 14.8 Å². The number of fused-ring (bicyclic) bond motifs is 1. The molecule has 0 bridgehead atoms. The van der Waals surface area contributed by atoms with Gasteiger partial charge in [-0.25, -0.2) is 9.78 Å². The van der Waals surface area contributed by atoms with Gasteiger partial charge in [0.2, 0.25) is 0 Å². The average molecular weight is 318 g/mol. The third-order valence-corrected chi connectivity index (χ3v) is 3.52. The second-order valence-electron chi connectivity index (χ2n) is 6.91. The minimum Gasteiger partial charge on any atom is -0.480 e. The predicted octanol–water partition coefficient (Wildman–Crippen LogP) is 3.15. The van der Waals surface area contributed by atoms with Gasteiger partial charge in [0, 0.05) is 11.8 Å². The summed E-state index contributed by atoms with van der Waals surface area (Å²) in [5.74, 6) is -1.52. The molecule has 0 saturated heterocycles. The van der Waals surface area contributed by atoms with E-state index >= 15 is 0 Å². The van der Waals surface area contributed by atoms with Crippen molar-refractivity contribution in [1.82, 2.24) is 10.3 Å². The van der Waals surface area contributed by atoms with Crippen molar-refractivity contribution in [3.05, 3.63) is 29.7 Å². The maximum atomic E-state index is 12.2. The third kappa shape index (κ3) is 4.55. The molecule has 2 rings (SSSR count). The van der Waals surface area contributed by atoms with Crippen LogP contribution in [0.15, 0.2) is 22.6 Å². The van der Waals surface area contributed by atoms with E-state index in [2.05, 4.69) is 10.3 Å². The molecule has 6 heteroatoms. The Balaban J connectivity index is 2.12. The average Bonchev–Trinajstić information content (AvgIpc) is 2.84. The van der Waals surface area contributed by atoms with E-state index in [0.717, 1.165) is 5.69 Å². The van der Waals surface area contributed by atoms with Crippen LogP contribution >= 0.6 is 0 Å². The Kier molecular flexibility index (Phi) is 4.73. The predicted molar refractivity (Wildman–Crippen MR) is 86.3 cm³/mol. The molecule has 124 valence electrons. The topological polar surface area (TPSA) is 92.4 Å². The lowest BCUT2D eigenvalue weighted by Gasteiger charge is -2.21. The van der Waals surface area contributed by atoms with E-state index in [0.29, 0.717) is 23.9 Å². The van der Waals surface area contributed by atoms with Crippen LogP contribution in [0.5, 0.6) is 0 Å². The van der Waals surface area contributed by atoms with Crippen molar-refractivity contribution < 1.29 is 19.1 Å². The van der Waals surface area contributed by atoms with E-state index in [1.165, 1.54) is 6.07 Å². The first-order chi connectivity index (χ1) is 10.7. The number of rotatable bonds is 5. The molecule has 0 fully saturated rings. The highest BCUT2D eigenvalue weighted by molar-refractivity contribution is 5.97. The van der Waals surface area contributed by atoms with Crippen molar-refractivity contribution >= 4 is 23.0 Å². The largest absolute Gasteiger partial charge is 0.480 e. The molecular formula is C17H22N2O4. The monoisotopic (exact) mass is 318 g/mol. The fourth-order valence-corrected chi connectivity index (χ4v) is 2.20. The van der Waals surface area contributed by atoms with Gasteiger partial charge in [-0.3, -0.25) is 4.79 Å². The number of aromatic nitrogens is 1. The Bertz CT molecular complexity index is 728. The van der Waals surface area contributed by atoms with Gasteiger partial charge in [0.25, 0.3) is 5.91 Å². The number of hydrogen-bond acceptors (Lipinski definition) is 4. The van der Waals surface area contributed by atoms with Crippen molar-refractivity contribution in [2.24, 2.45) is 5.41 Å². The van der Waals surface area contributed by atoms with Gasteiger partial charge in [-0.05, 0) is 37.3 Å². The lowest BCUT2D eigenvalue weighted by Crippen LogP contribution is -2.41. The zero-order valence-corrected chi connectivity index (χ0v) is 13.8. The van der Waals surface area contributed by atoms with Gasteiger partial charge in [-0.2, -0.15) is 0 Å². The molecular weight excluding hydrogens is 296 g/mol. The highest BCUT2D eigenvalue weighted by Crippen LogP contribution is 2.22. The van der Waals surface area contributed by atoms with Crippen molar-refractivity contribution in [3.8, 4) is 0 Å². The summed E-state index contributed by atoms with van der Waals surface area (Å²) < 4.78 is 5.44. The van der Waals surface area contributed by atoms with Gasteiger partial charge >= 0.3 is 5.97 Å². The Hall–Kier alpha value is -2.37. The Morgan fingerprint density at radius 1 is 1.35 bits per heavy atom. The van der Waals surface area contributed by atoms with Crippen LogP contribution in [0.3, 0.4) is 0 Å². The molecule has 0 aliphatic carbocycles. The van der Waals surface area contributed by atoms with Crippen LogP contribution in [0.25, 0.3) is 11.1 Å². The molecule has 0 aliphatic heterocycles. The first-order valence-corrected chi connectivity index (χ1v) is 7.56. The molecule has 1 atom stereocenters. The Labute approximate surface area is 134 Å². The van der Waals surface area contributed by atoms with Crippen molar-refractivity contribution in [3.63, 3.8) is 0 Å². The minimum atomic E-state index is -1.05. The maximum absolute atomic E-state index is 12.2. The van der Waals surface area contributed by atoms with Gasteiger partial charge in [-0.15, -0.1) is 0 Å². The van der Waals surface area contributed by atoms with Gasteiger partial charge in [0.15, 0.2) is 11.3 Å². The lowest BCUT2D eigenvalue weighted by atomic mass is 9.88. The van der Waals surface area contributed by atoms with Gasteiger partial charge in [0.1, 0.15) is 11.6 Å². The number of nitrogens with zero attached hydrogens (tertiary/aromatic N) is 1. The van der Waals surface area contributed by atoms with Crippen LogP contribution in [0.2, 0.25) is 0 Å². The second-order valence-corrected chi connectivity index (χ2v) is 6.91. The normalized spacial score (nSPS) is 13.0. The van der Waals surface area contributed by atoms with Gasteiger partial charge in [-0.1, -0.05) is 20.8 Å². The molecule has 0 spiro atoms. The fourth-order valence-electron chi connectivity index (χ4n) is 2.20. The number of aryl methyl sites for hydroxylation is 1. The highest BCUT2D eigenvalue weighted by Gasteiger charge is 2.24. The summed E-state index contributed by atoms with van der Waals surface area (Å²) in [4.78, 5) is 27.9.